The van der Waals surface area contributed by atoms with Crippen molar-refractivity contribution in [2.24, 2.45) is 13.0 Å². The fourth-order valence-electron chi connectivity index (χ4n) is 11.3. The Morgan fingerprint density at radius 2 is 1.65 bits per heavy atom. The van der Waals surface area contributed by atoms with E-state index >= 15 is 0 Å². The second kappa shape index (κ2) is 21.0. The quantitative estimate of drug-likeness (QED) is 0.0880. The predicted molar refractivity (Wildman–Crippen MR) is 286 cm³/mol. The number of thiazole rings is 1. The Balaban J connectivity index is 0.657. The van der Waals surface area contributed by atoms with E-state index in [1.165, 1.54) is 11.3 Å². The van der Waals surface area contributed by atoms with Gasteiger partial charge in [-0.05, 0) is 128 Å². The number of anilines is 3. The number of carbonyl (C=O) groups is 4. The topological polar surface area (TPSA) is 184 Å². The first-order valence-corrected chi connectivity index (χ1v) is 26.7. The van der Waals surface area contributed by atoms with Gasteiger partial charge in [-0.2, -0.15) is 5.10 Å². The molecule has 3 aromatic heterocycles. The van der Waals surface area contributed by atoms with Gasteiger partial charge in [0.25, 0.3) is 5.91 Å². The second-order valence-corrected chi connectivity index (χ2v) is 21.3. The van der Waals surface area contributed by atoms with E-state index in [-0.39, 0.29) is 35.6 Å². The number of carbonyl (C=O) groups excluding carboxylic acids is 3. The van der Waals surface area contributed by atoms with E-state index in [2.05, 4.69) is 50.5 Å². The number of amides is 3. The minimum Gasteiger partial charge on any atom is -0.490 e. The Hall–Kier alpha value is -7.21. The van der Waals surface area contributed by atoms with Crippen molar-refractivity contribution in [2.45, 2.75) is 83.5 Å². The van der Waals surface area contributed by atoms with Crippen molar-refractivity contribution in [3.8, 4) is 16.9 Å². The monoisotopic (exact) mass is 1020 g/mol. The molecule has 4 aromatic carbocycles. The maximum absolute atomic E-state index is 13.7. The summed E-state index contributed by atoms with van der Waals surface area (Å²) in [4.78, 5) is 67.2. The van der Waals surface area contributed by atoms with Gasteiger partial charge in [-0.25, -0.2) is 14.8 Å². The predicted octanol–water partition coefficient (Wildman–Crippen LogP) is 8.75. The number of nitrogens with zero attached hydrogens (tertiary/aromatic N) is 7. The highest BCUT2D eigenvalue weighted by Gasteiger charge is 2.33. The number of piperazine rings is 1. The zero-order valence-corrected chi connectivity index (χ0v) is 42.8. The molecule has 17 heteroatoms. The molecule has 2 atom stereocenters. The van der Waals surface area contributed by atoms with Crippen molar-refractivity contribution in [1.29, 1.82) is 0 Å². The van der Waals surface area contributed by atoms with E-state index in [0.29, 0.717) is 67.0 Å². The van der Waals surface area contributed by atoms with E-state index in [1.54, 1.807) is 0 Å². The van der Waals surface area contributed by atoms with Crippen LogP contribution in [0.25, 0.3) is 32.2 Å². The molecule has 3 N–H and O–H groups in total. The first-order valence-electron chi connectivity index (χ1n) is 25.8. The molecule has 11 rings (SSSR count). The number of aromatic carboxylic acids is 1. The molecular weight excluding hydrogens is 955 g/mol. The van der Waals surface area contributed by atoms with Crippen LogP contribution in [0.4, 0.5) is 16.6 Å². The van der Waals surface area contributed by atoms with Crippen LogP contribution in [0.5, 0.6) is 5.75 Å². The normalized spacial score (nSPS) is 19.9. The van der Waals surface area contributed by atoms with Gasteiger partial charge in [-0.3, -0.25) is 34.6 Å². The van der Waals surface area contributed by atoms with Crippen LogP contribution in [0.15, 0.2) is 91.0 Å². The molecule has 0 spiro atoms. The zero-order chi connectivity index (χ0) is 51.0. The molecular formula is C57H61N9O7S. The summed E-state index contributed by atoms with van der Waals surface area (Å²) in [5.74, 6) is -0.593. The lowest BCUT2D eigenvalue weighted by Crippen LogP contribution is -2.48. The number of imide groups is 1. The van der Waals surface area contributed by atoms with E-state index in [1.807, 2.05) is 96.3 Å². The van der Waals surface area contributed by atoms with Gasteiger partial charge in [0.15, 0.2) is 10.8 Å². The molecule has 2 saturated heterocycles. The molecule has 4 aliphatic rings. The van der Waals surface area contributed by atoms with Crippen molar-refractivity contribution in [3.63, 3.8) is 0 Å². The van der Waals surface area contributed by atoms with Gasteiger partial charge in [-0.15, -0.1) is 0 Å². The fraction of sp³-hybridized carbons (Fsp3) is 0.386. The number of rotatable bonds is 14. The number of carboxylic acids is 1. The lowest BCUT2D eigenvalue weighted by Gasteiger charge is -2.37. The molecule has 7 aromatic rings. The number of hydrogen-bond donors (Lipinski definition) is 3. The summed E-state index contributed by atoms with van der Waals surface area (Å²) in [7, 11) is 1.91. The largest absolute Gasteiger partial charge is 0.490 e. The van der Waals surface area contributed by atoms with Crippen molar-refractivity contribution in [1.82, 2.24) is 30.0 Å². The summed E-state index contributed by atoms with van der Waals surface area (Å²) in [6.45, 7) is 10.7. The van der Waals surface area contributed by atoms with Gasteiger partial charge in [-0.1, -0.05) is 54.7 Å². The second-order valence-electron chi connectivity index (χ2n) is 20.3. The number of ether oxygens (including phenoxy) is 2. The summed E-state index contributed by atoms with van der Waals surface area (Å²) >= 11 is 1.43. The molecule has 6 heterocycles. The summed E-state index contributed by atoms with van der Waals surface area (Å²) in [6, 6.07) is 29.4. The van der Waals surface area contributed by atoms with E-state index in [0.717, 1.165) is 119 Å². The Morgan fingerprint density at radius 3 is 2.45 bits per heavy atom. The van der Waals surface area contributed by atoms with Crippen LogP contribution < -0.4 is 25.2 Å². The molecule has 0 bridgehead atoms. The Labute approximate surface area is 433 Å². The molecule has 382 valence electrons. The first kappa shape index (κ1) is 49.0. The van der Waals surface area contributed by atoms with Gasteiger partial charge >= 0.3 is 5.97 Å². The fourth-order valence-corrected chi connectivity index (χ4v) is 12.1. The number of aryl methyl sites for hydroxylation is 1. The lowest BCUT2D eigenvalue weighted by molar-refractivity contribution is -0.134. The van der Waals surface area contributed by atoms with E-state index in [4.69, 9.17) is 19.6 Å². The molecule has 0 radical (unpaired) electrons. The number of hydrogen-bond acceptors (Lipinski definition) is 13. The highest BCUT2D eigenvalue weighted by Crippen LogP contribution is 2.37. The molecule has 74 heavy (non-hydrogen) atoms. The number of nitrogens with one attached hydrogen (secondary N) is 2. The van der Waals surface area contributed by atoms with Crippen LogP contribution in [-0.2, 0) is 34.3 Å². The SMILES string of the molecule is Cc1c(OC2CCC(OCC(C)CN3CCN(c4ccc5c(C6CCC(=O)NC6=O)nn(C)c5c4)CC3)CC2)cccc1-c1ccc(N2CCc3cccc(C(=O)Nc4nc5ccccc5s4)c3C2)nc1C(=O)O. The molecule has 1 saturated carbocycles. The summed E-state index contributed by atoms with van der Waals surface area (Å²) in [6.07, 6.45) is 5.26. The summed E-state index contributed by atoms with van der Waals surface area (Å²) in [5, 5.41) is 22.2. The highest BCUT2D eigenvalue weighted by molar-refractivity contribution is 7.22. The Morgan fingerprint density at radius 1 is 0.851 bits per heavy atom. The van der Waals surface area contributed by atoms with Crippen LogP contribution in [0.1, 0.15) is 94.6 Å². The lowest BCUT2D eigenvalue weighted by atomic mass is 9.93. The number of piperidine rings is 1. The average molecular weight is 1020 g/mol. The maximum atomic E-state index is 13.7. The smallest absolute Gasteiger partial charge is 0.355 e. The number of aromatic nitrogens is 4. The molecule has 16 nitrogen and oxygen atoms in total. The number of pyridine rings is 1. The van der Waals surface area contributed by atoms with Gasteiger partial charge in [0, 0.05) is 81.5 Å². The molecule has 3 amide bonds. The number of benzene rings is 4. The minimum atomic E-state index is -1.11. The van der Waals surface area contributed by atoms with Gasteiger partial charge in [0.05, 0.1) is 46.2 Å². The van der Waals surface area contributed by atoms with Crippen LogP contribution in [0, 0.1) is 12.8 Å². The third-order valence-corrected chi connectivity index (χ3v) is 16.2. The summed E-state index contributed by atoms with van der Waals surface area (Å²) < 4.78 is 16.0. The number of carboxylic acid groups (broad SMARTS) is 1. The zero-order valence-electron chi connectivity index (χ0n) is 42.0. The number of fused-ring (bicyclic) bond motifs is 3. The minimum absolute atomic E-state index is 0.0260. The third-order valence-electron chi connectivity index (χ3n) is 15.3. The van der Waals surface area contributed by atoms with Crippen LogP contribution >= 0.6 is 11.3 Å². The van der Waals surface area contributed by atoms with Gasteiger partial charge < -0.3 is 24.4 Å². The van der Waals surface area contributed by atoms with Crippen molar-refractivity contribution in [2.75, 3.05) is 61.0 Å². The Bertz CT molecular complexity index is 3250. The first-order chi connectivity index (χ1) is 35.9. The third kappa shape index (κ3) is 10.2. The highest BCUT2D eigenvalue weighted by atomic mass is 32.1. The van der Waals surface area contributed by atoms with Crippen molar-refractivity contribution in [3.05, 3.63) is 125 Å². The van der Waals surface area contributed by atoms with Crippen LogP contribution in [0.2, 0.25) is 0 Å². The van der Waals surface area contributed by atoms with Crippen molar-refractivity contribution < 1.29 is 33.8 Å². The maximum Gasteiger partial charge on any atom is 0.355 e. The van der Waals surface area contributed by atoms with E-state index < -0.39 is 11.9 Å². The Kier molecular flexibility index (Phi) is 13.9. The van der Waals surface area contributed by atoms with E-state index in [9.17, 15) is 24.3 Å². The molecule has 2 unspecified atom stereocenters. The number of para-hydroxylation sites is 1. The van der Waals surface area contributed by atoms with Crippen molar-refractivity contribution >= 4 is 72.8 Å². The molecule has 1 aliphatic carbocycles. The van der Waals surface area contributed by atoms with Gasteiger partial charge in [0.1, 0.15) is 11.6 Å². The standard InChI is InChI=1S/C57H61N9O7S/c1-34(31-64-26-28-65(29-27-64)37-14-19-43-47(30-37)63(3)62-52(43)44-21-23-51(67)60-55(44)69)33-72-38-15-17-39(18-16-38)73-48-12-7-9-40(35(48)2)41-20-22-50(59-53(41)56(70)71)66-25-24-36-8-6-10-42(45(36)32-66)54(68)61-57-58-46-11-4-5-13-49(46)74-57/h4-14,19-20,22,30,34,38-39,44H,15-18,21,23-29,31-33H2,1-3H3,(H,70,71)(H,58,61,68)(H,60,67,69). The van der Waals surface area contributed by atoms with Gasteiger partial charge in [0.2, 0.25) is 11.8 Å². The summed E-state index contributed by atoms with van der Waals surface area (Å²) in [5.41, 5.74) is 8.35. The average Bonchev–Trinajstić information content (AvgIpc) is 3.97. The van der Waals surface area contributed by atoms with Crippen LogP contribution in [-0.4, -0.2) is 112 Å². The molecule has 3 fully saturated rings. The molecule has 3 aliphatic heterocycles. The van der Waals surface area contributed by atoms with Crippen LogP contribution in [0.3, 0.4) is 0 Å².